The first-order valence-electron chi connectivity index (χ1n) is 6.04. The van der Waals surface area contributed by atoms with Gasteiger partial charge < -0.3 is 11.1 Å². The molecule has 4 heteroatoms. The number of hydrogen-bond acceptors (Lipinski definition) is 2. The van der Waals surface area contributed by atoms with Gasteiger partial charge in [-0.15, -0.1) is 0 Å². The second kappa shape index (κ2) is 6.00. The summed E-state index contributed by atoms with van der Waals surface area (Å²) >= 11 is 0. The van der Waals surface area contributed by atoms with E-state index in [0.29, 0.717) is 24.2 Å². The van der Waals surface area contributed by atoms with E-state index >= 15 is 0 Å². The first-order valence-corrected chi connectivity index (χ1v) is 6.04. The number of hydrogen-bond donors (Lipinski definition) is 2. The first kappa shape index (κ1) is 13.1. The van der Waals surface area contributed by atoms with E-state index in [1.54, 1.807) is 0 Å². The summed E-state index contributed by atoms with van der Waals surface area (Å²) in [6.45, 7) is 0. The molecule has 0 spiro atoms. The van der Waals surface area contributed by atoms with Gasteiger partial charge in [-0.05, 0) is 30.2 Å². The van der Waals surface area contributed by atoms with E-state index in [2.05, 4.69) is 5.32 Å². The van der Waals surface area contributed by atoms with Gasteiger partial charge in [0.15, 0.2) is 0 Å². The molecule has 0 aromatic heterocycles. The number of nitrogen functional groups attached to an aromatic ring is 1. The Morgan fingerprint density at radius 1 is 1.16 bits per heavy atom. The van der Waals surface area contributed by atoms with E-state index in [1.807, 2.05) is 30.3 Å². The minimum atomic E-state index is -0.424. The maximum absolute atomic E-state index is 13.0. The Balaban J connectivity index is 1.93. The van der Waals surface area contributed by atoms with Gasteiger partial charge in [-0.25, -0.2) is 4.39 Å². The molecule has 3 N–H and O–H groups in total. The van der Waals surface area contributed by atoms with Crippen LogP contribution in [0.3, 0.4) is 0 Å². The summed E-state index contributed by atoms with van der Waals surface area (Å²) in [6, 6.07) is 13.6. The average Bonchev–Trinajstić information content (AvgIpc) is 2.42. The zero-order valence-corrected chi connectivity index (χ0v) is 10.4. The highest BCUT2D eigenvalue weighted by molar-refractivity contribution is 5.93. The fourth-order valence-corrected chi connectivity index (χ4v) is 1.75. The van der Waals surface area contributed by atoms with Crippen molar-refractivity contribution in [3.8, 4) is 0 Å². The van der Waals surface area contributed by atoms with Crippen LogP contribution in [0.15, 0.2) is 48.5 Å². The number of nitrogens with two attached hydrogens (primary N) is 1. The molecule has 0 unspecified atom stereocenters. The van der Waals surface area contributed by atoms with Crippen molar-refractivity contribution in [2.24, 2.45) is 0 Å². The Kier molecular flexibility index (Phi) is 4.13. The van der Waals surface area contributed by atoms with Gasteiger partial charge in [0, 0.05) is 6.42 Å². The molecule has 0 aliphatic heterocycles. The predicted octanol–water partition coefficient (Wildman–Crippen LogP) is 2.98. The number of halogens is 1. The Hall–Kier alpha value is -2.36. The molecular weight excluding hydrogens is 243 g/mol. The Morgan fingerprint density at radius 2 is 1.89 bits per heavy atom. The lowest BCUT2D eigenvalue weighted by Crippen LogP contribution is -2.13. The zero-order chi connectivity index (χ0) is 13.7. The fourth-order valence-electron chi connectivity index (χ4n) is 1.75. The van der Waals surface area contributed by atoms with Crippen molar-refractivity contribution in [3.05, 3.63) is 59.9 Å². The molecule has 0 bridgehead atoms. The van der Waals surface area contributed by atoms with Crippen LogP contribution in [-0.4, -0.2) is 5.91 Å². The standard InChI is InChI=1S/C15H15FN2O/c16-12-7-8-13(17)14(10-12)18-15(19)9-6-11-4-2-1-3-5-11/h1-5,7-8,10H,6,9,17H2,(H,18,19). The van der Waals surface area contributed by atoms with Gasteiger partial charge in [0.2, 0.25) is 5.91 Å². The van der Waals surface area contributed by atoms with Crippen LogP contribution in [0, 0.1) is 5.82 Å². The molecule has 0 aliphatic carbocycles. The number of benzene rings is 2. The smallest absolute Gasteiger partial charge is 0.224 e. The minimum Gasteiger partial charge on any atom is -0.397 e. The second-order valence-corrected chi connectivity index (χ2v) is 4.27. The summed E-state index contributed by atoms with van der Waals surface area (Å²) in [7, 11) is 0. The largest absolute Gasteiger partial charge is 0.397 e. The van der Waals surface area contributed by atoms with Crippen LogP contribution in [0.1, 0.15) is 12.0 Å². The van der Waals surface area contributed by atoms with Gasteiger partial charge in [0.25, 0.3) is 0 Å². The highest BCUT2D eigenvalue weighted by Crippen LogP contribution is 2.19. The quantitative estimate of drug-likeness (QED) is 0.828. The first-order chi connectivity index (χ1) is 9.15. The van der Waals surface area contributed by atoms with Crippen molar-refractivity contribution in [1.82, 2.24) is 0 Å². The van der Waals surface area contributed by atoms with E-state index in [9.17, 15) is 9.18 Å². The summed E-state index contributed by atoms with van der Waals surface area (Å²) in [5.41, 5.74) is 7.43. The topological polar surface area (TPSA) is 55.1 Å². The Bertz CT molecular complexity index is 570. The average molecular weight is 258 g/mol. The molecule has 3 nitrogen and oxygen atoms in total. The number of rotatable bonds is 4. The normalized spacial score (nSPS) is 10.2. The highest BCUT2D eigenvalue weighted by atomic mass is 19.1. The summed E-state index contributed by atoms with van der Waals surface area (Å²) in [6.07, 6.45) is 0.974. The molecule has 0 atom stereocenters. The van der Waals surface area contributed by atoms with Crippen LogP contribution >= 0.6 is 0 Å². The number of aryl methyl sites for hydroxylation is 1. The summed E-state index contributed by atoms with van der Waals surface area (Å²) < 4.78 is 13.0. The molecule has 0 fully saturated rings. The number of anilines is 2. The zero-order valence-electron chi connectivity index (χ0n) is 10.4. The third kappa shape index (κ3) is 3.81. The molecular formula is C15H15FN2O. The van der Waals surface area contributed by atoms with E-state index in [4.69, 9.17) is 5.73 Å². The van der Waals surface area contributed by atoms with Crippen molar-refractivity contribution in [3.63, 3.8) is 0 Å². The van der Waals surface area contributed by atoms with Gasteiger partial charge in [0.05, 0.1) is 11.4 Å². The van der Waals surface area contributed by atoms with E-state index in [-0.39, 0.29) is 5.91 Å². The van der Waals surface area contributed by atoms with Crippen LogP contribution < -0.4 is 11.1 Å². The van der Waals surface area contributed by atoms with Crippen molar-refractivity contribution < 1.29 is 9.18 Å². The van der Waals surface area contributed by atoms with Crippen LogP contribution in [0.5, 0.6) is 0 Å². The van der Waals surface area contributed by atoms with Gasteiger partial charge in [-0.3, -0.25) is 4.79 Å². The van der Waals surface area contributed by atoms with Crippen LogP contribution in [0.4, 0.5) is 15.8 Å². The number of nitrogens with one attached hydrogen (secondary N) is 1. The highest BCUT2D eigenvalue weighted by Gasteiger charge is 2.06. The lowest BCUT2D eigenvalue weighted by atomic mass is 10.1. The molecule has 2 aromatic rings. The third-order valence-corrected chi connectivity index (χ3v) is 2.77. The monoisotopic (exact) mass is 258 g/mol. The van der Waals surface area contributed by atoms with Crippen LogP contribution in [0.25, 0.3) is 0 Å². The molecule has 98 valence electrons. The molecule has 0 saturated carbocycles. The van der Waals surface area contributed by atoms with Crippen molar-refractivity contribution >= 4 is 17.3 Å². The molecule has 19 heavy (non-hydrogen) atoms. The summed E-state index contributed by atoms with van der Waals surface area (Å²) in [5, 5.41) is 2.62. The van der Waals surface area contributed by atoms with Crippen LogP contribution in [-0.2, 0) is 11.2 Å². The predicted molar refractivity (Wildman–Crippen MR) is 74.2 cm³/mol. The third-order valence-electron chi connectivity index (χ3n) is 2.77. The van der Waals surface area contributed by atoms with Gasteiger partial charge in [-0.2, -0.15) is 0 Å². The van der Waals surface area contributed by atoms with Crippen LogP contribution in [0.2, 0.25) is 0 Å². The second-order valence-electron chi connectivity index (χ2n) is 4.27. The molecule has 2 rings (SSSR count). The Labute approximate surface area is 111 Å². The van der Waals surface area contributed by atoms with Gasteiger partial charge >= 0.3 is 0 Å². The maximum Gasteiger partial charge on any atom is 0.224 e. The molecule has 0 heterocycles. The minimum absolute atomic E-state index is 0.179. The molecule has 0 radical (unpaired) electrons. The lowest BCUT2D eigenvalue weighted by molar-refractivity contribution is -0.116. The molecule has 2 aromatic carbocycles. The van der Waals surface area contributed by atoms with Gasteiger partial charge in [0.1, 0.15) is 5.82 Å². The fraction of sp³-hybridized carbons (Fsp3) is 0.133. The molecule has 1 amide bonds. The number of carbonyl (C=O) groups is 1. The van der Waals surface area contributed by atoms with E-state index in [1.165, 1.54) is 18.2 Å². The Morgan fingerprint density at radius 3 is 2.63 bits per heavy atom. The van der Waals surface area contributed by atoms with Crippen molar-refractivity contribution in [2.45, 2.75) is 12.8 Å². The van der Waals surface area contributed by atoms with Crippen molar-refractivity contribution in [2.75, 3.05) is 11.1 Å². The summed E-state index contributed by atoms with van der Waals surface area (Å²) in [4.78, 5) is 11.8. The molecule has 0 saturated heterocycles. The number of amides is 1. The summed E-state index contributed by atoms with van der Waals surface area (Å²) in [5.74, 6) is -0.603. The molecule has 0 aliphatic rings. The van der Waals surface area contributed by atoms with Gasteiger partial charge in [-0.1, -0.05) is 30.3 Å². The SMILES string of the molecule is Nc1ccc(F)cc1NC(=O)CCc1ccccc1. The van der Waals surface area contributed by atoms with E-state index in [0.717, 1.165) is 5.56 Å². The van der Waals surface area contributed by atoms with Crippen molar-refractivity contribution in [1.29, 1.82) is 0 Å². The van der Waals surface area contributed by atoms with E-state index < -0.39 is 5.82 Å². The number of carbonyl (C=O) groups excluding carboxylic acids is 1. The lowest BCUT2D eigenvalue weighted by Gasteiger charge is -2.08. The maximum atomic E-state index is 13.0.